The number of nitrogens with zero attached hydrogens (tertiary/aromatic N) is 1. The molecule has 1 unspecified atom stereocenters. The number of thiazole rings is 1. The van der Waals surface area contributed by atoms with Crippen molar-refractivity contribution in [3.8, 4) is 0 Å². The van der Waals surface area contributed by atoms with Gasteiger partial charge in [-0.1, -0.05) is 11.6 Å². The zero-order valence-electron chi connectivity index (χ0n) is 7.12. The molecule has 0 spiro atoms. The van der Waals surface area contributed by atoms with Crippen molar-refractivity contribution in [2.45, 2.75) is 25.7 Å². The topological polar surface area (TPSA) is 30.0 Å². The number of aromatic nitrogens is 1. The summed E-state index contributed by atoms with van der Waals surface area (Å²) in [5, 5.41) is 0. The fourth-order valence-corrected chi connectivity index (χ4v) is 3.07. The lowest BCUT2D eigenvalue weighted by molar-refractivity contribution is -0.108. The number of carbonyl (C=O) groups is 1. The van der Waals surface area contributed by atoms with Gasteiger partial charge in [-0.15, -0.1) is 11.3 Å². The van der Waals surface area contributed by atoms with E-state index in [1.807, 2.05) is 0 Å². The van der Waals surface area contributed by atoms with Gasteiger partial charge in [-0.2, -0.15) is 0 Å². The summed E-state index contributed by atoms with van der Waals surface area (Å²) in [6, 6.07) is 0. The van der Waals surface area contributed by atoms with Crippen molar-refractivity contribution >= 4 is 29.2 Å². The monoisotopic (exact) mass is 215 g/mol. The second-order valence-corrected chi connectivity index (χ2v) is 5.01. The Balaban J connectivity index is 2.14. The van der Waals surface area contributed by atoms with E-state index in [9.17, 15) is 4.79 Å². The molecule has 0 radical (unpaired) electrons. The Morgan fingerprint density at radius 2 is 2.54 bits per heavy atom. The molecule has 0 aromatic carbocycles. The molecule has 0 saturated heterocycles. The molecule has 1 aliphatic carbocycles. The van der Waals surface area contributed by atoms with Gasteiger partial charge in [-0.05, 0) is 25.2 Å². The first kappa shape index (κ1) is 9.16. The smallest absolute Gasteiger partial charge is 0.184 e. The summed E-state index contributed by atoms with van der Waals surface area (Å²) in [6.07, 6.45) is 4.73. The summed E-state index contributed by atoms with van der Waals surface area (Å²) >= 11 is 7.37. The van der Waals surface area contributed by atoms with Crippen LogP contribution in [-0.2, 0) is 17.6 Å². The number of halogens is 1. The Morgan fingerprint density at radius 1 is 1.69 bits per heavy atom. The van der Waals surface area contributed by atoms with Crippen molar-refractivity contribution in [2.24, 2.45) is 5.92 Å². The van der Waals surface area contributed by atoms with Crippen LogP contribution in [-0.4, -0.2) is 11.3 Å². The van der Waals surface area contributed by atoms with Gasteiger partial charge >= 0.3 is 0 Å². The van der Waals surface area contributed by atoms with E-state index in [4.69, 9.17) is 11.6 Å². The second-order valence-electron chi connectivity index (χ2n) is 3.35. The molecule has 4 heteroatoms. The van der Waals surface area contributed by atoms with E-state index in [0.29, 0.717) is 16.8 Å². The van der Waals surface area contributed by atoms with Crippen LogP contribution in [0.1, 0.15) is 23.4 Å². The van der Waals surface area contributed by atoms with Crippen molar-refractivity contribution < 1.29 is 4.79 Å². The van der Waals surface area contributed by atoms with Crippen molar-refractivity contribution in [1.29, 1.82) is 0 Å². The first-order valence-corrected chi connectivity index (χ1v) is 5.56. The van der Waals surface area contributed by atoms with E-state index in [0.717, 1.165) is 31.2 Å². The first-order valence-electron chi connectivity index (χ1n) is 4.37. The minimum absolute atomic E-state index is 0.515. The highest BCUT2D eigenvalue weighted by molar-refractivity contribution is 7.15. The Bertz CT molecular complexity index is 323. The lowest BCUT2D eigenvalue weighted by Crippen LogP contribution is -2.13. The van der Waals surface area contributed by atoms with Crippen LogP contribution in [0, 0.1) is 5.92 Å². The molecule has 0 saturated carbocycles. The largest absolute Gasteiger partial charge is 0.303 e. The summed E-state index contributed by atoms with van der Waals surface area (Å²) in [4.78, 5) is 15.9. The molecular weight excluding hydrogens is 206 g/mol. The molecule has 1 aromatic rings. The van der Waals surface area contributed by atoms with Crippen molar-refractivity contribution in [3.05, 3.63) is 15.0 Å². The summed E-state index contributed by atoms with van der Waals surface area (Å²) in [5.74, 6) is 0.515. The van der Waals surface area contributed by atoms with Gasteiger partial charge in [0, 0.05) is 11.3 Å². The average molecular weight is 216 g/mol. The minimum Gasteiger partial charge on any atom is -0.303 e. The molecule has 0 N–H and O–H groups in total. The molecule has 13 heavy (non-hydrogen) atoms. The van der Waals surface area contributed by atoms with E-state index in [2.05, 4.69) is 4.98 Å². The van der Waals surface area contributed by atoms with Crippen LogP contribution in [0.5, 0.6) is 0 Å². The number of aldehydes is 1. The zero-order chi connectivity index (χ0) is 9.26. The highest BCUT2D eigenvalue weighted by atomic mass is 35.5. The maximum Gasteiger partial charge on any atom is 0.184 e. The van der Waals surface area contributed by atoms with E-state index >= 15 is 0 Å². The SMILES string of the molecule is O=CCC1CCc2nc(Cl)sc2C1. The zero-order valence-corrected chi connectivity index (χ0v) is 8.70. The predicted octanol–water partition coefficient (Wildman–Crippen LogP) is 2.49. The van der Waals surface area contributed by atoms with Crippen LogP contribution in [0.25, 0.3) is 0 Å². The molecule has 1 atom stereocenters. The lowest BCUT2D eigenvalue weighted by atomic mass is 9.89. The van der Waals surface area contributed by atoms with Crippen molar-refractivity contribution in [3.63, 3.8) is 0 Å². The van der Waals surface area contributed by atoms with Gasteiger partial charge in [0.25, 0.3) is 0 Å². The van der Waals surface area contributed by atoms with Gasteiger partial charge in [0.05, 0.1) is 5.69 Å². The van der Waals surface area contributed by atoms with Gasteiger partial charge in [0.2, 0.25) is 0 Å². The molecule has 0 fully saturated rings. The van der Waals surface area contributed by atoms with Gasteiger partial charge in [-0.25, -0.2) is 4.98 Å². The Labute approximate surface area is 85.9 Å². The van der Waals surface area contributed by atoms with Crippen molar-refractivity contribution in [1.82, 2.24) is 4.98 Å². The number of hydrogen-bond acceptors (Lipinski definition) is 3. The molecule has 2 rings (SSSR count). The molecule has 0 aliphatic heterocycles. The number of carbonyl (C=O) groups excluding carboxylic acids is 1. The molecule has 0 bridgehead atoms. The third-order valence-corrected chi connectivity index (χ3v) is 3.67. The third kappa shape index (κ3) is 1.92. The van der Waals surface area contributed by atoms with Crippen LogP contribution in [0.4, 0.5) is 0 Å². The highest BCUT2D eigenvalue weighted by Crippen LogP contribution is 2.32. The molecule has 70 valence electrons. The predicted molar refractivity (Wildman–Crippen MR) is 53.3 cm³/mol. The van der Waals surface area contributed by atoms with Crippen LogP contribution in [0.2, 0.25) is 4.47 Å². The fourth-order valence-electron chi connectivity index (χ4n) is 1.75. The van der Waals surface area contributed by atoms with E-state index in [-0.39, 0.29) is 0 Å². The standard InChI is InChI=1S/C9H10ClNOS/c10-9-11-7-2-1-6(3-4-12)5-8(7)13-9/h4,6H,1-3,5H2. The Kier molecular flexibility index (Phi) is 2.65. The molecule has 2 nitrogen and oxygen atoms in total. The van der Waals surface area contributed by atoms with E-state index < -0.39 is 0 Å². The average Bonchev–Trinajstić information content (AvgIpc) is 2.44. The second kappa shape index (κ2) is 3.76. The molecule has 1 aliphatic rings. The molecule has 0 amide bonds. The normalized spacial score (nSPS) is 21.2. The van der Waals surface area contributed by atoms with Crippen molar-refractivity contribution in [2.75, 3.05) is 0 Å². The number of fused-ring (bicyclic) bond motifs is 1. The summed E-state index contributed by atoms with van der Waals surface area (Å²) < 4.78 is 0.636. The minimum atomic E-state index is 0.515. The van der Waals surface area contributed by atoms with Gasteiger partial charge < -0.3 is 4.79 Å². The molecule has 1 heterocycles. The number of aryl methyl sites for hydroxylation is 1. The molecular formula is C9H10ClNOS. The molecule has 1 aromatic heterocycles. The van der Waals surface area contributed by atoms with E-state index in [1.165, 1.54) is 4.88 Å². The highest BCUT2D eigenvalue weighted by Gasteiger charge is 2.21. The van der Waals surface area contributed by atoms with E-state index in [1.54, 1.807) is 11.3 Å². The number of hydrogen-bond donors (Lipinski definition) is 0. The fraction of sp³-hybridized carbons (Fsp3) is 0.556. The maximum absolute atomic E-state index is 10.4. The quantitative estimate of drug-likeness (QED) is 0.710. The summed E-state index contributed by atoms with van der Waals surface area (Å²) in [5.41, 5.74) is 1.15. The Hall–Kier alpha value is -0.410. The third-order valence-electron chi connectivity index (χ3n) is 2.45. The maximum atomic E-state index is 10.4. The van der Waals surface area contributed by atoms with Crippen LogP contribution < -0.4 is 0 Å². The van der Waals surface area contributed by atoms with Gasteiger partial charge in [-0.3, -0.25) is 0 Å². The van der Waals surface area contributed by atoms with Gasteiger partial charge in [0.15, 0.2) is 4.47 Å². The summed E-state index contributed by atoms with van der Waals surface area (Å²) in [7, 11) is 0. The van der Waals surface area contributed by atoms with Gasteiger partial charge in [0.1, 0.15) is 6.29 Å². The van der Waals surface area contributed by atoms with Crippen LogP contribution in [0.3, 0.4) is 0 Å². The van der Waals surface area contributed by atoms with Crippen LogP contribution in [0.15, 0.2) is 0 Å². The number of rotatable bonds is 2. The van der Waals surface area contributed by atoms with Crippen LogP contribution >= 0.6 is 22.9 Å². The lowest BCUT2D eigenvalue weighted by Gasteiger charge is -2.18. The first-order chi connectivity index (χ1) is 6.29. The Morgan fingerprint density at radius 3 is 3.31 bits per heavy atom. The summed E-state index contributed by atoms with van der Waals surface area (Å²) in [6.45, 7) is 0.